The molecule has 1 spiro atoms. The van der Waals surface area contributed by atoms with Gasteiger partial charge in [-0.05, 0) is 31.4 Å². The average molecular weight is 338 g/mol. The van der Waals surface area contributed by atoms with Crippen LogP contribution in [0.1, 0.15) is 18.4 Å². The molecule has 2 aromatic heterocycles. The van der Waals surface area contributed by atoms with Crippen molar-refractivity contribution in [3.8, 4) is 0 Å². The van der Waals surface area contributed by atoms with Gasteiger partial charge >= 0.3 is 0 Å². The van der Waals surface area contributed by atoms with E-state index in [0.29, 0.717) is 0 Å². The van der Waals surface area contributed by atoms with Crippen molar-refractivity contribution >= 4 is 22.5 Å². The molecule has 2 N–H and O–H groups in total. The van der Waals surface area contributed by atoms with Crippen molar-refractivity contribution in [1.82, 2.24) is 18.9 Å². The first-order valence-corrected chi connectivity index (χ1v) is 8.70. The maximum absolute atomic E-state index is 13.8. The second kappa shape index (κ2) is 4.96. The van der Waals surface area contributed by atoms with E-state index in [1.54, 1.807) is 11.4 Å². The SMILES string of the molecule is Cc1cc(F)n2ncnc(N3CC4(CC(N(C)S(N)=O)C4)C3)c12. The summed E-state index contributed by atoms with van der Waals surface area (Å²) in [5, 5.41) is 9.40. The Labute approximate surface area is 136 Å². The van der Waals surface area contributed by atoms with Crippen LogP contribution >= 0.6 is 0 Å². The van der Waals surface area contributed by atoms with Crippen LogP contribution in [0.3, 0.4) is 0 Å². The highest BCUT2D eigenvalue weighted by Gasteiger charge is 2.54. The quantitative estimate of drug-likeness (QED) is 0.889. The second-order valence-corrected chi connectivity index (χ2v) is 7.86. The summed E-state index contributed by atoms with van der Waals surface area (Å²) >= 11 is -1.41. The minimum atomic E-state index is -1.41. The molecule has 2 aromatic rings. The molecule has 1 aliphatic carbocycles. The van der Waals surface area contributed by atoms with Gasteiger partial charge in [0.2, 0.25) is 5.95 Å². The number of nitrogens with two attached hydrogens (primary N) is 1. The lowest BCUT2D eigenvalue weighted by atomic mass is 9.60. The standard InChI is InChI=1S/C14H19FN6OS/c1-9-3-11(15)21-12(9)13(17-8-18-21)20-6-14(7-20)4-10(5-14)19(2)23(16)22/h3,8,10H,4-7,16H2,1-2H3. The molecular formula is C14H19FN6OS. The van der Waals surface area contributed by atoms with E-state index in [2.05, 4.69) is 15.0 Å². The molecule has 0 aromatic carbocycles. The lowest BCUT2D eigenvalue weighted by Crippen LogP contribution is -2.66. The molecule has 0 amide bonds. The van der Waals surface area contributed by atoms with Crippen molar-refractivity contribution in [2.75, 3.05) is 25.0 Å². The molecule has 3 heterocycles. The highest BCUT2D eigenvalue weighted by atomic mass is 32.2. The molecular weight excluding hydrogens is 319 g/mol. The molecule has 0 radical (unpaired) electrons. The van der Waals surface area contributed by atoms with E-state index in [1.165, 1.54) is 16.9 Å². The van der Waals surface area contributed by atoms with Gasteiger partial charge in [0.1, 0.15) is 11.8 Å². The first kappa shape index (κ1) is 15.0. The number of halogens is 1. The fourth-order valence-corrected chi connectivity index (χ4v) is 4.35. The van der Waals surface area contributed by atoms with E-state index >= 15 is 0 Å². The van der Waals surface area contributed by atoms with Crippen LogP contribution in [0.25, 0.3) is 5.52 Å². The highest BCUT2D eigenvalue weighted by Crippen LogP contribution is 2.51. The van der Waals surface area contributed by atoms with Gasteiger partial charge in [-0.1, -0.05) is 0 Å². The molecule has 0 bridgehead atoms. The van der Waals surface area contributed by atoms with E-state index in [-0.39, 0.29) is 17.4 Å². The number of hydrogen-bond donors (Lipinski definition) is 1. The van der Waals surface area contributed by atoms with Gasteiger partial charge < -0.3 is 4.90 Å². The number of aryl methyl sites for hydroxylation is 1. The Hall–Kier alpha value is -1.58. The lowest BCUT2D eigenvalue weighted by Gasteiger charge is -2.60. The topological polar surface area (TPSA) is 79.8 Å². The first-order chi connectivity index (χ1) is 10.9. The van der Waals surface area contributed by atoms with Crippen molar-refractivity contribution < 1.29 is 8.60 Å². The van der Waals surface area contributed by atoms with Crippen LogP contribution in [0.15, 0.2) is 12.4 Å². The van der Waals surface area contributed by atoms with E-state index in [1.807, 2.05) is 6.92 Å². The van der Waals surface area contributed by atoms with Gasteiger partial charge in [0.25, 0.3) is 0 Å². The summed E-state index contributed by atoms with van der Waals surface area (Å²) < 4.78 is 28.2. The van der Waals surface area contributed by atoms with Gasteiger partial charge in [-0.25, -0.2) is 23.2 Å². The summed E-state index contributed by atoms with van der Waals surface area (Å²) in [6.45, 7) is 3.63. The third-order valence-electron chi connectivity index (χ3n) is 5.17. The average Bonchev–Trinajstić information content (AvgIpc) is 2.71. The summed E-state index contributed by atoms with van der Waals surface area (Å²) in [6, 6.07) is 1.76. The smallest absolute Gasteiger partial charge is 0.215 e. The zero-order chi connectivity index (χ0) is 16.4. The van der Waals surface area contributed by atoms with Crippen molar-refractivity contribution in [3.63, 3.8) is 0 Å². The molecule has 1 aliphatic heterocycles. The Morgan fingerprint density at radius 1 is 1.48 bits per heavy atom. The summed E-state index contributed by atoms with van der Waals surface area (Å²) in [5.41, 5.74) is 1.82. The maximum atomic E-state index is 13.8. The summed E-state index contributed by atoms with van der Waals surface area (Å²) in [6.07, 6.45) is 3.36. The zero-order valence-corrected chi connectivity index (χ0v) is 13.9. The molecule has 2 aliphatic rings. The highest BCUT2D eigenvalue weighted by molar-refractivity contribution is 7.80. The van der Waals surface area contributed by atoms with Crippen molar-refractivity contribution in [3.05, 3.63) is 23.9 Å². The molecule has 9 heteroatoms. The Kier molecular flexibility index (Phi) is 3.23. The van der Waals surface area contributed by atoms with E-state index in [9.17, 15) is 8.60 Å². The van der Waals surface area contributed by atoms with Crippen LogP contribution < -0.4 is 10.0 Å². The van der Waals surface area contributed by atoms with Gasteiger partial charge in [-0.2, -0.15) is 9.49 Å². The number of anilines is 1. The van der Waals surface area contributed by atoms with Gasteiger partial charge in [-0.15, -0.1) is 0 Å². The molecule has 4 rings (SSSR count). The largest absolute Gasteiger partial charge is 0.354 e. The van der Waals surface area contributed by atoms with Gasteiger partial charge in [0.15, 0.2) is 17.0 Å². The number of nitrogens with zero attached hydrogens (tertiary/aromatic N) is 5. The summed E-state index contributed by atoms with van der Waals surface area (Å²) in [7, 11) is 1.80. The van der Waals surface area contributed by atoms with Crippen LogP contribution in [0, 0.1) is 18.3 Å². The third-order valence-corrected chi connectivity index (χ3v) is 6.04. The number of rotatable bonds is 3. The Morgan fingerprint density at radius 2 is 2.17 bits per heavy atom. The molecule has 124 valence electrons. The predicted octanol–water partition coefficient (Wildman–Crippen LogP) is 0.615. The molecule has 1 unspecified atom stereocenters. The van der Waals surface area contributed by atoms with Crippen molar-refractivity contribution in [1.29, 1.82) is 0 Å². The fraction of sp³-hybridized carbons (Fsp3) is 0.571. The first-order valence-electron chi connectivity index (χ1n) is 7.53. The fourth-order valence-electron chi connectivity index (χ4n) is 3.91. The van der Waals surface area contributed by atoms with Crippen molar-refractivity contribution in [2.24, 2.45) is 10.6 Å². The third kappa shape index (κ3) is 2.18. The van der Waals surface area contributed by atoms with Crippen molar-refractivity contribution in [2.45, 2.75) is 25.8 Å². The predicted molar refractivity (Wildman–Crippen MR) is 85.4 cm³/mol. The summed E-state index contributed by atoms with van der Waals surface area (Å²) in [5.74, 6) is 0.415. The van der Waals surface area contributed by atoms with E-state index in [4.69, 9.17) is 5.14 Å². The molecule has 2 fully saturated rings. The number of aromatic nitrogens is 3. The van der Waals surface area contributed by atoms with Gasteiger partial charge in [0.05, 0.1) is 0 Å². The summed E-state index contributed by atoms with van der Waals surface area (Å²) in [4.78, 5) is 6.52. The second-order valence-electron chi connectivity index (χ2n) is 6.73. The molecule has 23 heavy (non-hydrogen) atoms. The number of fused-ring (bicyclic) bond motifs is 1. The maximum Gasteiger partial charge on any atom is 0.215 e. The van der Waals surface area contributed by atoms with E-state index < -0.39 is 11.2 Å². The monoisotopic (exact) mass is 338 g/mol. The Morgan fingerprint density at radius 3 is 2.83 bits per heavy atom. The minimum Gasteiger partial charge on any atom is -0.354 e. The molecule has 7 nitrogen and oxygen atoms in total. The van der Waals surface area contributed by atoms with Crippen LogP contribution in [-0.4, -0.2) is 49.3 Å². The van der Waals surface area contributed by atoms with Crippen LogP contribution in [0.5, 0.6) is 0 Å². The molecule has 1 saturated carbocycles. The van der Waals surface area contributed by atoms with Gasteiger partial charge in [0, 0.05) is 31.6 Å². The van der Waals surface area contributed by atoms with Crippen LogP contribution in [0.2, 0.25) is 0 Å². The van der Waals surface area contributed by atoms with Gasteiger partial charge in [-0.3, -0.25) is 0 Å². The molecule has 1 atom stereocenters. The number of hydrogen-bond acceptors (Lipinski definition) is 4. The van der Waals surface area contributed by atoms with E-state index in [0.717, 1.165) is 42.8 Å². The Balaban J connectivity index is 1.51. The minimum absolute atomic E-state index is 0.249. The normalized spacial score (nSPS) is 21.7. The van der Waals surface area contributed by atoms with Crippen LogP contribution in [0.4, 0.5) is 10.2 Å². The molecule has 1 saturated heterocycles. The van der Waals surface area contributed by atoms with Crippen LogP contribution in [-0.2, 0) is 11.2 Å². The Bertz CT molecular complexity index is 794. The zero-order valence-electron chi connectivity index (χ0n) is 13.1. The lowest BCUT2D eigenvalue weighted by molar-refractivity contribution is 0.0223.